The molecule has 0 saturated heterocycles. The molecule has 2 rings (SSSR count). The Morgan fingerprint density at radius 1 is 1.40 bits per heavy atom. The summed E-state index contributed by atoms with van der Waals surface area (Å²) >= 11 is 9.53. The second-order valence-corrected chi connectivity index (χ2v) is 6.27. The lowest BCUT2D eigenvalue weighted by Crippen LogP contribution is -2.51. The summed E-state index contributed by atoms with van der Waals surface area (Å²) in [6.45, 7) is 0. The molecule has 0 bridgehead atoms. The first-order valence-corrected chi connectivity index (χ1v) is 8.32. The first-order chi connectivity index (χ1) is 9.60. The van der Waals surface area contributed by atoms with Crippen molar-refractivity contribution in [2.75, 3.05) is 12.4 Å². The maximum absolute atomic E-state index is 12.5. The van der Waals surface area contributed by atoms with Crippen molar-refractivity contribution in [2.24, 2.45) is 0 Å². The van der Waals surface area contributed by atoms with Crippen LogP contribution >= 0.6 is 27.5 Å². The molecule has 0 aliphatic heterocycles. The van der Waals surface area contributed by atoms with E-state index >= 15 is 0 Å². The molecule has 1 fully saturated rings. The minimum atomic E-state index is -0.150. The maximum Gasteiger partial charge on any atom is 0.255 e. The Kier molecular flexibility index (Phi) is 5.33. The molecule has 5 heteroatoms. The summed E-state index contributed by atoms with van der Waals surface area (Å²) < 4.78 is 5.25. The van der Waals surface area contributed by atoms with Gasteiger partial charge in [-0.05, 0) is 31.0 Å². The average molecular weight is 361 g/mol. The van der Waals surface area contributed by atoms with Gasteiger partial charge in [0.05, 0.1) is 18.2 Å². The van der Waals surface area contributed by atoms with Gasteiger partial charge >= 0.3 is 0 Å². The van der Waals surface area contributed by atoms with Gasteiger partial charge in [0.1, 0.15) is 5.75 Å². The van der Waals surface area contributed by atoms with Crippen LogP contribution in [0.2, 0.25) is 5.02 Å². The molecule has 1 aromatic rings. The molecule has 1 saturated carbocycles. The molecular weight excluding hydrogens is 342 g/mol. The van der Waals surface area contributed by atoms with Gasteiger partial charge in [-0.15, -0.1) is 0 Å². The molecule has 0 aromatic heterocycles. The second kappa shape index (κ2) is 6.81. The first kappa shape index (κ1) is 15.6. The smallest absolute Gasteiger partial charge is 0.255 e. The van der Waals surface area contributed by atoms with Gasteiger partial charge in [-0.2, -0.15) is 0 Å². The van der Waals surface area contributed by atoms with Crippen molar-refractivity contribution in [1.82, 2.24) is 5.32 Å². The standard InChI is InChI=1S/C15H19BrClNO2/c1-20-13-6-5-11(17)9-12(13)14(19)18-15(10-16)7-3-2-4-8-15/h5-6,9H,2-4,7-8,10H2,1H3,(H,18,19). The van der Waals surface area contributed by atoms with Gasteiger partial charge in [0.15, 0.2) is 0 Å². The van der Waals surface area contributed by atoms with Gasteiger partial charge in [0, 0.05) is 10.4 Å². The number of hydrogen-bond acceptors (Lipinski definition) is 2. The van der Waals surface area contributed by atoms with E-state index in [9.17, 15) is 4.79 Å². The number of halogens is 2. The molecule has 1 aliphatic carbocycles. The molecule has 0 heterocycles. The second-order valence-electron chi connectivity index (χ2n) is 5.27. The molecule has 1 N–H and O–H groups in total. The molecule has 1 aromatic carbocycles. The van der Waals surface area contributed by atoms with E-state index in [1.807, 2.05) is 0 Å². The molecule has 110 valence electrons. The number of carbonyl (C=O) groups excluding carboxylic acids is 1. The summed E-state index contributed by atoms with van der Waals surface area (Å²) in [5.41, 5.74) is 0.341. The summed E-state index contributed by atoms with van der Waals surface area (Å²) in [7, 11) is 1.56. The Labute approximate surface area is 133 Å². The topological polar surface area (TPSA) is 38.3 Å². The van der Waals surface area contributed by atoms with Gasteiger partial charge in [-0.1, -0.05) is 46.8 Å². The third-order valence-corrected chi connectivity index (χ3v) is 5.16. The monoisotopic (exact) mass is 359 g/mol. The minimum absolute atomic E-state index is 0.120. The quantitative estimate of drug-likeness (QED) is 0.818. The molecule has 1 amide bonds. The number of hydrogen-bond donors (Lipinski definition) is 1. The van der Waals surface area contributed by atoms with Crippen molar-refractivity contribution in [2.45, 2.75) is 37.6 Å². The highest BCUT2D eigenvalue weighted by atomic mass is 79.9. The lowest BCUT2D eigenvalue weighted by atomic mass is 9.83. The zero-order chi connectivity index (χ0) is 14.6. The van der Waals surface area contributed by atoms with Crippen LogP contribution < -0.4 is 10.1 Å². The lowest BCUT2D eigenvalue weighted by Gasteiger charge is -2.36. The largest absolute Gasteiger partial charge is 0.496 e. The Balaban J connectivity index is 2.20. The molecule has 1 aliphatic rings. The molecule has 0 spiro atoms. The third kappa shape index (κ3) is 3.47. The van der Waals surface area contributed by atoms with Crippen LogP contribution in [0.4, 0.5) is 0 Å². The van der Waals surface area contributed by atoms with Gasteiger partial charge < -0.3 is 10.1 Å². The summed E-state index contributed by atoms with van der Waals surface area (Å²) in [4.78, 5) is 12.5. The molecule has 0 unspecified atom stereocenters. The predicted molar refractivity (Wildman–Crippen MR) is 85.1 cm³/mol. The van der Waals surface area contributed by atoms with Gasteiger partial charge in [0.25, 0.3) is 5.91 Å². The van der Waals surface area contributed by atoms with Crippen LogP contribution in [0.15, 0.2) is 18.2 Å². The van der Waals surface area contributed by atoms with E-state index in [0.29, 0.717) is 16.3 Å². The number of alkyl halides is 1. The maximum atomic E-state index is 12.5. The van der Waals surface area contributed by atoms with Crippen LogP contribution in [0, 0.1) is 0 Å². The predicted octanol–water partition coefficient (Wildman–Crippen LogP) is 4.18. The van der Waals surface area contributed by atoms with Crippen LogP contribution in [0.3, 0.4) is 0 Å². The SMILES string of the molecule is COc1ccc(Cl)cc1C(=O)NC1(CBr)CCCCC1. The zero-order valence-electron chi connectivity index (χ0n) is 11.5. The highest BCUT2D eigenvalue weighted by molar-refractivity contribution is 9.09. The summed E-state index contributed by atoms with van der Waals surface area (Å²) in [6, 6.07) is 5.09. The number of rotatable bonds is 4. The van der Waals surface area contributed by atoms with E-state index < -0.39 is 0 Å². The minimum Gasteiger partial charge on any atom is -0.496 e. The fourth-order valence-electron chi connectivity index (χ4n) is 2.69. The van der Waals surface area contributed by atoms with Crippen molar-refractivity contribution >= 4 is 33.4 Å². The van der Waals surface area contributed by atoms with E-state index in [2.05, 4.69) is 21.2 Å². The Hall–Kier alpha value is -0.740. The van der Waals surface area contributed by atoms with Crippen LogP contribution in [0.1, 0.15) is 42.5 Å². The van der Waals surface area contributed by atoms with E-state index in [4.69, 9.17) is 16.3 Å². The van der Waals surface area contributed by atoms with Crippen molar-refractivity contribution in [3.63, 3.8) is 0 Å². The van der Waals surface area contributed by atoms with E-state index in [-0.39, 0.29) is 11.4 Å². The Morgan fingerprint density at radius 2 is 2.10 bits per heavy atom. The lowest BCUT2D eigenvalue weighted by molar-refractivity contribution is 0.0883. The van der Waals surface area contributed by atoms with Gasteiger partial charge in [-0.3, -0.25) is 4.79 Å². The van der Waals surface area contributed by atoms with Crippen molar-refractivity contribution < 1.29 is 9.53 Å². The fraction of sp³-hybridized carbons (Fsp3) is 0.533. The van der Waals surface area contributed by atoms with Crippen LogP contribution in [0.25, 0.3) is 0 Å². The van der Waals surface area contributed by atoms with Crippen molar-refractivity contribution in [3.05, 3.63) is 28.8 Å². The van der Waals surface area contributed by atoms with E-state index in [0.717, 1.165) is 31.0 Å². The number of ether oxygens (including phenoxy) is 1. The Morgan fingerprint density at radius 3 is 2.70 bits per heavy atom. The number of methoxy groups -OCH3 is 1. The van der Waals surface area contributed by atoms with Crippen molar-refractivity contribution in [1.29, 1.82) is 0 Å². The third-order valence-electron chi connectivity index (χ3n) is 3.85. The highest BCUT2D eigenvalue weighted by Gasteiger charge is 2.33. The average Bonchev–Trinajstić information content (AvgIpc) is 2.48. The molecule has 3 nitrogen and oxygen atoms in total. The van der Waals surface area contributed by atoms with E-state index in [1.165, 1.54) is 6.42 Å². The first-order valence-electron chi connectivity index (χ1n) is 6.82. The number of carbonyl (C=O) groups is 1. The highest BCUT2D eigenvalue weighted by Crippen LogP contribution is 2.31. The molecule has 20 heavy (non-hydrogen) atoms. The number of amides is 1. The summed E-state index contributed by atoms with van der Waals surface area (Å²) in [5.74, 6) is 0.429. The number of benzene rings is 1. The van der Waals surface area contributed by atoms with Crippen LogP contribution in [-0.4, -0.2) is 23.9 Å². The summed E-state index contributed by atoms with van der Waals surface area (Å²) in [5, 5.41) is 4.48. The molecule has 0 atom stereocenters. The fourth-order valence-corrected chi connectivity index (χ4v) is 3.56. The van der Waals surface area contributed by atoms with Gasteiger partial charge in [-0.25, -0.2) is 0 Å². The summed E-state index contributed by atoms with van der Waals surface area (Å²) in [6.07, 6.45) is 5.56. The van der Waals surface area contributed by atoms with Crippen LogP contribution in [-0.2, 0) is 0 Å². The molecule has 0 radical (unpaired) electrons. The Bertz CT molecular complexity index is 487. The van der Waals surface area contributed by atoms with E-state index in [1.54, 1.807) is 25.3 Å². The molecular formula is C15H19BrClNO2. The normalized spacial score (nSPS) is 17.6. The van der Waals surface area contributed by atoms with Crippen LogP contribution in [0.5, 0.6) is 5.75 Å². The van der Waals surface area contributed by atoms with Gasteiger partial charge in [0.2, 0.25) is 0 Å². The van der Waals surface area contributed by atoms with Crippen molar-refractivity contribution in [3.8, 4) is 5.75 Å². The number of nitrogens with one attached hydrogen (secondary N) is 1. The zero-order valence-corrected chi connectivity index (χ0v) is 13.9.